The Morgan fingerprint density at radius 1 is 1.21 bits per heavy atom. The fourth-order valence-electron chi connectivity index (χ4n) is 1.83. The van der Waals surface area contributed by atoms with Gasteiger partial charge < -0.3 is 9.84 Å². The van der Waals surface area contributed by atoms with E-state index >= 15 is 0 Å². The molecule has 0 amide bonds. The Bertz CT molecular complexity index is 394. The Morgan fingerprint density at radius 2 is 1.84 bits per heavy atom. The number of rotatable bonds is 6. The molecule has 0 radical (unpaired) electrons. The van der Waals surface area contributed by atoms with Gasteiger partial charge in [0.25, 0.3) is 0 Å². The van der Waals surface area contributed by atoms with Crippen LogP contribution in [0.4, 0.5) is 0 Å². The van der Waals surface area contributed by atoms with E-state index in [2.05, 4.69) is 11.8 Å². The molecular formula is C16H21LiO2. The van der Waals surface area contributed by atoms with Crippen molar-refractivity contribution >= 4 is 0 Å². The van der Waals surface area contributed by atoms with Crippen LogP contribution in [-0.2, 0) is 11.3 Å². The van der Waals surface area contributed by atoms with Crippen molar-refractivity contribution in [3.8, 4) is 11.8 Å². The van der Waals surface area contributed by atoms with Crippen LogP contribution in [0, 0.1) is 23.7 Å². The zero-order chi connectivity index (χ0) is 13.4. The van der Waals surface area contributed by atoms with Crippen LogP contribution in [0.2, 0.25) is 0 Å². The van der Waals surface area contributed by atoms with Crippen molar-refractivity contribution in [1.29, 1.82) is 0 Å². The van der Waals surface area contributed by atoms with Gasteiger partial charge in [0.05, 0.1) is 6.61 Å². The van der Waals surface area contributed by atoms with Gasteiger partial charge in [-0.2, -0.15) is 0 Å². The first-order valence-corrected chi connectivity index (χ1v) is 6.35. The van der Waals surface area contributed by atoms with Crippen molar-refractivity contribution in [3.05, 3.63) is 35.9 Å². The van der Waals surface area contributed by atoms with Gasteiger partial charge >= 0.3 is 18.9 Å². The first kappa shape index (κ1) is 18.3. The molecule has 1 aromatic rings. The molecule has 19 heavy (non-hydrogen) atoms. The van der Waals surface area contributed by atoms with Crippen molar-refractivity contribution in [2.24, 2.45) is 11.8 Å². The molecule has 0 fully saturated rings. The molecule has 2 nitrogen and oxygen atoms in total. The van der Waals surface area contributed by atoms with Crippen molar-refractivity contribution in [2.75, 3.05) is 6.61 Å². The maximum atomic E-state index is 12.0. The molecule has 0 aromatic heterocycles. The summed E-state index contributed by atoms with van der Waals surface area (Å²) in [6.07, 6.45) is -0.687. The van der Waals surface area contributed by atoms with Crippen LogP contribution in [-0.4, -0.2) is 12.7 Å². The molecule has 0 N–H and O–H groups in total. The molecule has 0 spiro atoms. The summed E-state index contributed by atoms with van der Waals surface area (Å²) in [4.78, 5) is 0. The summed E-state index contributed by atoms with van der Waals surface area (Å²) in [5.74, 6) is 5.57. The average molecular weight is 252 g/mol. The van der Waals surface area contributed by atoms with Crippen LogP contribution >= 0.6 is 0 Å². The largest absolute Gasteiger partial charge is 1.00 e. The SMILES string of the molecule is CC#C[C@H](C)[C@@H]([O-])[C@@H](C)COCc1ccccc1.[Li+]. The van der Waals surface area contributed by atoms with Crippen LogP contribution in [0.25, 0.3) is 0 Å². The predicted molar refractivity (Wildman–Crippen MR) is 71.7 cm³/mol. The third-order valence-corrected chi connectivity index (χ3v) is 2.92. The molecule has 0 bridgehead atoms. The molecule has 0 unspecified atom stereocenters. The minimum absolute atomic E-state index is 0. The van der Waals surface area contributed by atoms with Gasteiger partial charge in [0.15, 0.2) is 0 Å². The standard InChI is InChI=1S/C16H21O2.Li/c1-4-8-13(2)16(17)14(3)11-18-12-15-9-6-5-7-10-15;/h5-7,9-10,13-14,16H,11-12H2,1-3H3;/q-1;+1/t13-,14-,16+;/m0./s1. The van der Waals surface area contributed by atoms with Crippen molar-refractivity contribution < 1.29 is 28.7 Å². The zero-order valence-electron chi connectivity index (χ0n) is 12.3. The minimum Gasteiger partial charge on any atom is -0.851 e. The first-order valence-electron chi connectivity index (χ1n) is 6.35. The molecule has 3 heteroatoms. The Balaban J connectivity index is 0.00000324. The van der Waals surface area contributed by atoms with Gasteiger partial charge in [0.1, 0.15) is 0 Å². The van der Waals surface area contributed by atoms with E-state index in [9.17, 15) is 5.11 Å². The van der Waals surface area contributed by atoms with E-state index in [1.54, 1.807) is 6.92 Å². The molecule has 1 aromatic carbocycles. The minimum atomic E-state index is -0.687. The van der Waals surface area contributed by atoms with Crippen LogP contribution in [0.3, 0.4) is 0 Å². The summed E-state index contributed by atoms with van der Waals surface area (Å²) >= 11 is 0. The fourth-order valence-corrected chi connectivity index (χ4v) is 1.83. The van der Waals surface area contributed by atoms with E-state index in [1.807, 2.05) is 44.2 Å². The summed E-state index contributed by atoms with van der Waals surface area (Å²) in [7, 11) is 0. The van der Waals surface area contributed by atoms with E-state index < -0.39 is 6.10 Å². The second kappa shape index (κ2) is 10.1. The van der Waals surface area contributed by atoms with Crippen LogP contribution in [0.15, 0.2) is 30.3 Å². The maximum Gasteiger partial charge on any atom is 1.00 e. The summed E-state index contributed by atoms with van der Waals surface area (Å²) in [5, 5.41) is 12.0. The van der Waals surface area contributed by atoms with Crippen molar-refractivity contribution in [2.45, 2.75) is 33.5 Å². The third kappa shape index (κ3) is 6.86. The Kier molecular flexibility index (Phi) is 9.75. The van der Waals surface area contributed by atoms with Gasteiger partial charge in [0, 0.05) is 12.5 Å². The summed E-state index contributed by atoms with van der Waals surface area (Å²) in [6.45, 7) is 6.61. The van der Waals surface area contributed by atoms with Crippen molar-refractivity contribution in [1.82, 2.24) is 0 Å². The molecule has 0 aliphatic carbocycles. The molecule has 1 rings (SSSR count). The smallest absolute Gasteiger partial charge is 0.851 e. The van der Waals surface area contributed by atoms with Gasteiger partial charge in [0.2, 0.25) is 0 Å². The molecule has 0 saturated heterocycles. The van der Waals surface area contributed by atoms with Gasteiger partial charge in [-0.25, -0.2) is 0 Å². The fraction of sp³-hybridized carbons (Fsp3) is 0.500. The Hall–Kier alpha value is -0.703. The van der Waals surface area contributed by atoms with Gasteiger partial charge in [-0.15, -0.1) is 17.9 Å². The van der Waals surface area contributed by atoms with Gasteiger partial charge in [-0.05, 0) is 18.4 Å². The van der Waals surface area contributed by atoms with E-state index in [4.69, 9.17) is 4.74 Å². The van der Waals surface area contributed by atoms with Gasteiger partial charge in [-0.3, -0.25) is 0 Å². The maximum absolute atomic E-state index is 12.0. The number of benzene rings is 1. The molecule has 0 saturated carbocycles. The first-order chi connectivity index (χ1) is 8.65. The quantitative estimate of drug-likeness (QED) is 0.492. The summed E-state index contributed by atoms with van der Waals surface area (Å²) in [6, 6.07) is 9.98. The topological polar surface area (TPSA) is 32.3 Å². The van der Waals surface area contributed by atoms with Crippen LogP contribution in [0.5, 0.6) is 0 Å². The molecule has 98 valence electrons. The van der Waals surface area contributed by atoms with Crippen molar-refractivity contribution in [3.63, 3.8) is 0 Å². The summed E-state index contributed by atoms with van der Waals surface area (Å²) < 4.78 is 5.58. The number of hydrogen-bond acceptors (Lipinski definition) is 2. The third-order valence-electron chi connectivity index (χ3n) is 2.92. The van der Waals surface area contributed by atoms with Crippen LogP contribution < -0.4 is 24.0 Å². The molecule has 0 heterocycles. The number of ether oxygens (including phenoxy) is 1. The molecule has 0 aliphatic heterocycles. The Labute approximate surface area is 128 Å². The average Bonchev–Trinajstić information content (AvgIpc) is 2.39. The van der Waals surface area contributed by atoms with E-state index in [-0.39, 0.29) is 30.7 Å². The normalized spacial score (nSPS) is 14.5. The zero-order valence-corrected chi connectivity index (χ0v) is 12.3. The van der Waals surface area contributed by atoms with E-state index in [1.165, 1.54) is 0 Å². The molecule has 0 aliphatic rings. The van der Waals surface area contributed by atoms with E-state index in [0.29, 0.717) is 13.2 Å². The predicted octanol–water partition coefficient (Wildman–Crippen LogP) is -0.768. The number of hydrogen-bond donors (Lipinski definition) is 0. The molecule has 3 atom stereocenters. The monoisotopic (exact) mass is 252 g/mol. The second-order valence-electron chi connectivity index (χ2n) is 4.63. The van der Waals surface area contributed by atoms with Crippen LogP contribution in [0.1, 0.15) is 26.3 Å². The van der Waals surface area contributed by atoms with Gasteiger partial charge in [-0.1, -0.05) is 44.2 Å². The van der Waals surface area contributed by atoms with E-state index in [0.717, 1.165) is 5.56 Å². The summed E-state index contributed by atoms with van der Waals surface area (Å²) in [5.41, 5.74) is 1.13. The Morgan fingerprint density at radius 3 is 2.42 bits per heavy atom. The molecular weight excluding hydrogens is 231 g/mol. The second-order valence-corrected chi connectivity index (χ2v) is 4.63.